The van der Waals surface area contributed by atoms with Crippen molar-refractivity contribution in [1.82, 2.24) is 0 Å². The predicted molar refractivity (Wildman–Crippen MR) is 189 cm³/mol. The first-order valence-corrected chi connectivity index (χ1v) is 17.0. The molecule has 206 valence electrons. The van der Waals surface area contributed by atoms with Crippen molar-refractivity contribution in [1.29, 1.82) is 0 Å². The van der Waals surface area contributed by atoms with Gasteiger partial charge in [-0.2, -0.15) is 10.9 Å². The fourth-order valence-corrected chi connectivity index (χ4v) is 15.8. The third kappa shape index (κ3) is 3.47. The molecule has 1 aliphatic heterocycles. The normalized spacial score (nSPS) is 14.8. The molecule has 0 bridgehead atoms. The van der Waals surface area contributed by atoms with Crippen molar-refractivity contribution in [3.8, 4) is 0 Å². The summed E-state index contributed by atoms with van der Waals surface area (Å²) in [6.07, 6.45) is 0. The van der Waals surface area contributed by atoms with Crippen LogP contribution in [0.3, 0.4) is 0 Å². The van der Waals surface area contributed by atoms with E-state index in [1.165, 1.54) is 76.5 Å². The van der Waals surface area contributed by atoms with Crippen LogP contribution < -0.4 is 32.3 Å². The molecule has 0 atom stereocenters. The lowest BCUT2D eigenvalue weighted by Gasteiger charge is -2.51. The van der Waals surface area contributed by atoms with Gasteiger partial charge in [-0.05, 0) is 89.8 Å². The third-order valence-electron chi connectivity index (χ3n) is 9.96. The molecule has 0 aromatic heterocycles. The van der Waals surface area contributed by atoms with Crippen molar-refractivity contribution < 1.29 is 0 Å². The zero-order chi connectivity index (χ0) is 29.2. The van der Waals surface area contributed by atoms with Gasteiger partial charge in [0.25, 0.3) is 5.87 Å². The molecule has 0 spiro atoms. The third-order valence-corrected chi connectivity index (χ3v) is 15.3. The van der Waals surface area contributed by atoms with Gasteiger partial charge in [0.05, 0.1) is 15.9 Å². The molecule has 0 aliphatic carbocycles. The van der Waals surface area contributed by atoms with Crippen molar-refractivity contribution in [2.24, 2.45) is 0 Å². The molecule has 7 rings (SSSR count). The molecule has 0 amide bonds. The summed E-state index contributed by atoms with van der Waals surface area (Å²) in [5.74, 6) is -1.52. The number of rotatable bonds is 4. The second-order valence-electron chi connectivity index (χ2n) is 12.6. The number of hydrogen-bond donors (Lipinski definition) is 0. The van der Waals surface area contributed by atoms with Crippen LogP contribution in [-0.2, 0) is 0 Å². The lowest BCUT2D eigenvalue weighted by Crippen LogP contribution is -2.72. The Morgan fingerprint density at radius 3 is 1.33 bits per heavy atom. The molecule has 42 heavy (non-hydrogen) atoms. The van der Waals surface area contributed by atoms with E-state index in [9.17, 15) is 0 Å². The van der Waals surface area contributed by atoms with Gasteiger partial charge in [-0.15, -0.1) is 5.46 Å². The molecule has 2 heteroatoms. The zero-order valence-corrected chi connectivity index (χ0v) is 26.5. The standard InChI is InChI=1S/C40H38BP/c1-27-23-29(3)39(30(4)24-27)41(40-31(5)25-28(2)26-32(40)6)36-21-13-15-33-16-14-22-37(38(33)36)42(41,34-17-9-7-10-18-34)35-19-11-8-12-20-35/h7-26H,1-6H3. The summed E-state index contributed by atoms with van der Waals surface area (Å²) in [6, 6.07) is 47.0. The van der Waals surface area contributed by atoms with E-state index in [1.807, 2.05) is 0 Å². The first kappa shape index (κ1) is 26.9. The van der Waals surface area contributed by atoms with E-state index < -0.39 is 13.0 Å². The molecule has 0 radical (unpaired) electrons. The smallest absolute Gasteiger partial charge is 0.151 e. The average molecular weight is 561 g/mol. The van der Waals surface area contributed by atoms with Gasteiger partial charge < -0.3 is 0 Å². The highest BCUT2D eigenvalue weighted by molar-refractivity contribution is 8.27. The molecular weight excluding hydrogens is 522 g/mol. The monoisotopic (exact) mass is 560 g/mol. The maximum absolute atomic E-state index is 2.48. The molecule has 6 aromatic rings. The van der Waals surface area contributed by atoms with Gasteiger partial charge in [0.2, 0.25) is 0 Å². The largest absolute Gasteiger partial charge is 0.264 e. The molecule has 1 aliphatic rings. The summed E-state index contributed by atoms with van der Waals surface area (Å²) in [5.41, 5.74) is 12.8. The van der Waals surface area contributed by atoms with Gasteiger partial charge in [0.15, 0.2) is 0 Å². The van der Waals surface area contributed by atoms with Crippen LogP contribution in [0.25, 0.3) is 10.8 Å². The van der Waals surface area contributed by atoms with Gasteiger partial charge in [-0.25, -0.2) is 0 Å². The van der Waals surface area contributed by atoms with Crippen molar-refractivity contribution in [3.05, 3.63) is 155 Å². The Morgan fingerprint density at radius 2 is 0.881 bits per heavy atom. The highest BCUT2D eigenvalue weighted by Crippen LogP contribution is 2.67. The minimum atomic E-state index is -2.37. The molecule has 6 aromatic carbocycles. The van der Waals surface area contributed by atoms with Crippen LogP contribution in [0.2, 0.25) is 0 Å². The van der Waals surface area contributed by atoms with Crippen LogP contribution in [0, 0.1) is 41.5 Å². The molecule has 0 fully saturated rings. The lowest BCUT2D eigenvalue weighted by molar-refractivity contribution is 1.34. The highest BCUT2D eigenvalue weighted by Gasteiger charge is 2.65. The van der Waals surface area contributed by atoms with Crippen molar-refractivity contribution in [3.63, 3.8) is 0 Å². The van der Waals surface area contributed by atoms with E-state index in [4.69, 9.17) is 0 Å². The Bertz CT molecular complexity index is 1840. The van der Waals surface area contributed by atoms with Gasteiger partial charge in [0.1, 0.15) is 0 Å². The van der Waals surface area contributed by atoms with Gasteiger partial charge in [-0.1, -0.05) is 124 Å². The molecule has 0 nitrogen and oxygen atoms in total. The summed E-state index contributed by atoms with van der Waals surface area (Å²) < 4.78 is 0. The van der Waals surface area contributed by atoms with E-state index in [1.54, 1.807) is 0 Å². The highest BCUT2D eigenvalue weighted by atomic mass is 31.2. The lowest BCUT2D eigenvalue weighted by atomic mass is 9.31. The van der Waals surface area contributed by atoms with Gasteiger partial charge in [0, 0.05) is 0 Å². The zero-order valence-electron chi connectivity index (χ0n) is 25.6. The first-order chi connectivity index (χ1) is 20.3. The van der Waals surface area contributed by atoms with Crippen molar-refractivity contribution >= 4 is 56.1 Å². The second-order valence-corrected chi connectivity index (χ2v) is 16.3. The minimum absolute atomic E-state index is 1.33. The molecule has 0 N–H and O–H groups in total. The fraction of sp³-hybridized carbons (Fsp3) is 0.150. The Kier molecular flexibility index (Phi) is 6.30. The summed E-state index contributed by atoms with van der Waals surface area (Å²) in [6.45, 7) is 14.0. The summed E-state index contributed by atoms with van der Waals surface area (Å²) >= 11 is 0. The van der Waals surface area contributed by atoms with Crippen LogP contribution in [0.15, 0.2) is 121 Å². The van der Waals surface area contributed by atoms with E-state index in [0.29, 0.717) is 0 Å². The molecular formula is C40H38BP. The van der Waals surface area contributed by atoms with Gasteiger partial charge >= 0.3 is 0 Å². The van der Waals surface area contributed by atoms with Gasteiger partial charge in [-0.3, -0.25) is 0 Å². The van der Waals surface area contributed by atoms with Crippen molar-refractivity contribution in [2.45, 2.75) is 41.5 Å². The van der Waals surface area contributed by atoms with E-state index in [2.05, 4.69) is 163 Å². The van der Waals surface area contributed by atoms with Crippen LogP contribution in [0.4, 0.5) is 0 Å². The number of aryl methyl sites for hydroxylation is 6. The Morgan fingerprint density at radius 1 is 0.452 bits per heavy atom. The Balaban J connectivity index is 1.88. The maximum Gasteiger partial charge on any atom is 0.264 e. The summed E-state index contributed by atoms with van der Waals surface area (Å²) in [4.78, 5) is 0. The molecule has 1 heterocycles. The van der Waals surface area contributed by atoms with Crippen LogP contribution in [0.5, 0.6) is 0 Å². The minimum Gasteiger partial charge on any atom is -0.151 e. The van der Waals surface area contributed by atoms with E-state index in [0.717, 1.165) is 0 Å². The van der Waals surface area contributed by atoms with Crippen LogP contribution in [0.1, 0.15) is 33.4 Å². The van der Waals surface area contributed by atoms with E-state index >= 15 is 0 Å². The molecule has 0 unspecified atom stereocenters. The van der Waals surface area contributed by atoms with E-state index in [-0.39, 0.29) is 0 Å². The Hall–Kier alpha value is -3.93. The van der Waals surface area contributed by atoms with Crippen LogP contribution in [-0.4, -0.2) is 5.87 Å². The molecule has 0 saturated heterocycles. The Labute approximate surface area is 251 Å². The second kappa shape index (κ2) is 9.83. The summed E-state index contributed by atoms with van der Waals surface area (Å²) in [7, 11) is -2.37. The van der Waals surface area contributed by atoms with Crippen LogP contribution >= 0.6 is 7.14 Å². The average Bonchev–Trinajstić information content (AvgIpc) is 3.22. The van der Waals surface area contributed by atoms with Crippen molar-refractivity contribution in [2.75, 3.05) is 0 Å². The molecule has 0 saturated carbocycles. The number of benzene rings is 6. The summed E-state index contributed by atoms with van der Waals surface area (Å²) in [5, 5.41) is 7.23. The SMILES string of the molecule is Cc1cc(C)c([B-]2(c3c(C)cc(C)cc3C)c3cccc4cccc(c34)[P+]2(c2ccccc2)c2ccccc2)c(C)c1. The predicted octanol–water partition coefficient (Wildman–Crippen LogP) is 6.96. The first-order valence-electron chi connectivity index (χ1n) is 15.2. The topological polar surface area (TPSA) is 0 Å². The fourth-order valence-electron chi connectivity index (χ4n) is 9.15. The number of hydrogen-bond acceptors (Lipinski definition) is 0. The maximum atomic E-state index is 2.48. The quantitative estimate of drug-likeness (QED) is 0.162.